The molecule has 3 heteroatoms. The predicted molar refractivity (Wildman–Crippen MR) is 77.7 cm³/mol. The van der Waals surface area contributed by atoms with E-state index in [9.17, 15) is 0 Å². The Balaban J connectivity index is 2.27. The summed E-state index contributed by atoms with van der Waals surface area (Å²) in [6, 6.07) is 6.76. The molecule has 0 saturated heterocycles. The fourth-order valence-electron chi connectivity index (χ4n) is 2.72. The van der Waals surface area contributed by atoms with Gasteiger partial charge in [-0.05, 0) is 33.4 Å². The lowest BCUT2D eigenvalue weighted by Crippen LogP contribution is -2.45. The molecule has 0 saturated carbocycles. The molecule has 1 aliphatic rings. The van der Waals surface area contributed by atoms with Crippen LogP contribution in [0.4, 0.5) is 0 Å². The van der Waals surface area contributed by atoms with Gasteiger partial charge in [0.2, 0.25) is 0 Å². The minimum Gasteiger partial charge on any atom is -0.485 e. The third kappa shape index (κ3) is 3.28. The molecule has 0 fully saturated rings. The second-order valence-electron chi connectivity index (χ2n) is 5.54. The van der Waals surface area contributed by atoms with Crippen LogP contribution in [0.2, 0.25) is 0 Å². The van der Waals surface area contributed by atoms with Crippen LogP contribution in [-0.2, 0) is 4.74 Å². The van der Waals surface area contributed by atoms with Crippen LogP contribution in [0.1, 0.15) is 44.4 Å². The number of hydrogen-bond donors (Lipinski definition) is 1. The van der Waals surface area contributed by atoms with Crippen LogP contribution in [0.5, 0.6) is 5.75 Å². The Morgan fingerprint density at radius 3 is 2.89 bits per heavy atom. The lowest BCUT2D eigenvalue weighted by molar-refractivity contribution is -0.0331. The number of aryl methyl sites for hydroxylation is 1. The molecular weight excluding hydrogens is 238 g/mol. The second-order valence-corrected chi connectivity index (χ2v) is 5.54. The molecule has 19 heavy (non-hydrogen) atoms. The second kappa shape index (κ2) is 5.93. The molecule has 0 amide bonds. The van der Waals surface area contributed by atoms with E-state index in [0.717, 1.165) is 25.3 Å². The van der Waals surface area contributed by atoms with Gasteiger partial charge in [0.25, 0.3) is 0 Å². The van der Waals surface area contributed by atoms with Gasteiger partial charge in [-0.2, -0.15) is 0 Å². The fraction of sp³-hybridized carbons (Fsp3) is 0.625. The summed E-state index contributed by atoms with van der Waals surface area (Å²) in [7, 11) is 0. The zero-order chi connectivity index (χ0) is 13.9. The Morgan fingerprint density at radius 2 is 2.21 bits per heavy atom. The molecule has 0 bridgehead atoms. The van der Waals surface area contributed by atoms with E-state index in [-0.39, 0.29) is 5.60 Å². The highest BCUT2D eigenvalue weighted by molar-refractivity contribution is 5.41. The molecule has 1 heterocycles. The SMILES string of the molecule is CCNC1CC(C)(COCC)Oc2ccc(C)cc21. The first-order valence-corrected chi connectivity index (χ1v) is 7.18. The van der Waals surface area contributed by atoms with Gasteiger partial charge in [0.05, 0.1) is 6.61 Å². The van der Waals surface area contributed by atoms with Crippen LogP contribution in [0.25, 0.3) is 0 Å². The van der Waals surface area contributed by atoms with E-state index in [4.69, 9.17) is 9.47 Å². The van der Waals surface area contributed by atoms with Crippen molar-refractivity contribution in [2.75, 3.05) is 19.8 Å². The monoisotopic (exact) mass is 263 g/mol. The molecular formula is C16H25NO2. The van der Waals surface area contributed by atoms with Gasteiger partial charge in [0.1, 0.15) is 11.4 Å². The van der Waals surface area contributed by atoms with Gasteiger partial charge >= 0.3 is 0 Å². The molecule has 2 atom stereocenters. The number of rotatable bonds is 5. The maximum absolute atomic E-state index is 6.19. The Morgan fingerprint density at radius 1 is 1.42 bits per heavy atom. The predicted octanol–water partition coefficient (Wildman–Crippen LogP) is 3.22. The van der Waals surface area contributed by atoms with Crippen molar-refractivity contribution in [3.8, 4) is 5.75 Å². The first-order chi connectivity index (χ1) is 9.08. The van der Waals surface area contributed by atoms with Crippen molar-refractivity contribution in [1.82, 2.24) is 5.32 Å². The molecule has 1 aromatic rings. The molecule has 1 N–H and O–H groups in total. The molecule has 1 aliphatic heterocycles. The van der Waals surface area contributed by atoms with Gasteiger partial charge < -0.3 is 14.8 Å². The smallest absolute Gasteiger partial charge is 0.131 e. The summed E-state index contributed by atoms with van der Waals surface area (Å²) in [4.78, 5) is 0. The maximum Gasteiger partial charge on any atom is 0.131 e. The van der Waals surface area contributed by atoms with E-state index in [1.165, 1.54) is 11.1 Å². The molecule has 2 unspecified atom stereocenters. The number of nitrogens with one attached hydrogen (secondary N) is 1. The van der Waals surface area contributed by atoms with E-state index in [1.807, 2.05) is 6.92 Å². The molecule has 0 radical (unpaired) electrons. The zero-order valence-electron chi connectivity index (χ0n) is 12.5. The molecule has 0 aromatic heterocycles. The molecule has 1 aromatic carbocycles. The molecule has 0 aliphatic carbocycles. The van der Waals surface area contributed by atoms with E-state index in [2.05, 4.69) is 44.3 Å². The average molecular weight is 263 g/mol. The highest BCUT2D eigenvalue weighted by Crippen LogP contribution is 2.40. The van der Waals surface area contributed by atoms with Crippen molar-refractivity contribution < 1.29 is 9.47 Å². The van der Waals surface area contributed by atoms with Crippen LogP contribution >= 0.6 is 0 Å². The maximum atomic E-state index is 6.19. The Labute approximate surface area is 116 Å². The third-order valence-corrected chi connectivity index (χ3v) is 3.60. The summed E-state index contributed by atoms with van der Waals surface area (Å²) in [6.45, 7) is 10.7. The van der Waals surface area contributed by atoms with Crippen LogP contribution in [0, 0.1) is 6.92 Å². The van der Waals surface area contributed by atoms with Gasteiger partial charge in [-0.15, -0.1) is 0 Å². The van der Waals surface area contributed by atoms with Crippen LogP contribution in [0.3, 0.4) is 0 Å². The van der Waals surface area contributed by atoms with Crippen LogP contribution in [0.15, 0.2) is 18.2 Å². The quantitative estimate of drug-likeness (QED) is 0.884. The van der Waals surface area contributed by atoms with Crippen molar-refractivity contribution in [3.05, 3.63) is 29.3 Å². The number of benzene rings is 1. The summed E-state index contributed by atoms with van der Waals surface area (Å²) in [5.74, 6) is 0.991. The molecule has 2 rings (SSSR count). The van der Waals surface area contributed by atoms with Crippen LogP contribution < -0.4 is 10.1 Å². The van der Waals surface area contributed by atoms with Crippen molar-refractivity contribution >= 4 is 0 Å². The van der Waals surface area contributed by atoms with Crippen molar-refractivity contribution in [3.63, 3.8) is 0 Å². The van der Waals surface area contributed by atoms with E-state index in [0.29, 0.717) is 12.6 Å². The van der Waals surface area contributed by atoms with Gasteiger partial charge in [-0.3, -0.25) is 0 Å². The standard InChI is InChI=1S/C16H25NO2/c1-5-17-14-10-16(4,11-18-6-2)19-15-8-7-12(3)9-13(14)15/h7-9,14,17H,5-6,10-11H2,1-4H3. The largest absolute Gasteiger partial charge is 0.485 e. The number of hydrogen-bond acceptors (Lipinski definition) is 3. The summed E-state index contributed by atoms with van der Waals surface area (Å²) in [5.41, 5.74) is 2.31. The Bertz CT molecular complexity index is 433. The number of fused-ring (bicyclic) bond motifs is 1. The fourth-order valence-corrected chi connectivity index (χ4v) is 2.72. The van der Waals surface area contributed by atoms with E-state index < -0.39 is 0 Å². The van der Waals surface area contributed by atoms with Gasteiger partial charge in [-0.1, -0.05) is 24.6 Å². The van der Waals surface area contributed by atoms with Gasteiger partial charge in [-0.25, -0.2) is 0 Å². The average Bonchev–Trinajstić information content (AvgIpc) is 2.38. The van der Waals surface area contributed by atoms with Crippen LogP contribution in [-0.4, -0.2) is 25.4 Å². The molecule has 3 nitrogen and oxygen atoms in total. The minimum absolute atomic E-state index is 0.245. The lowest BCUT2D eigenvalue weighted by atomic mass is 9.88. The molecule has 0 spiro atoms. The van der Waals surface area contributed by atoms with Crippen molar-refractivity contribution in [1.29, 1.82) is 0 Å². The molecule has 106 valence electrons. The minimum atomic E-state index is -0.245. The summed E-state index contributed by atoms with van der Waals surface area (Å²) < 4.78 is 11.8. The zero-order valence-corrected chi connectivity index (χ0v) is 12.5. The Kier molecular flexibility index (Phi) is 4.48. The first-order valence-electron chi connectivity index (χ1n) is 7.18. The highest BCUT2D eigenvalue weighted by atomic mass is 16.5. The normalized spacial score (nSPS) is 25.8. The topological polar surface area (TPSA) is 30.5 Å². The Hall–Kier alpha value is -1.06. The van der Waals surface area contributed by atoms with Crippen molar-refractivity contribution in [2.24, 2.45) is 0 Å². The highest BCUT2D eigenvalue weighted by Gasteiger charge is 2.37. The van der Waals surface area contributed by atoms with E-state index in [1.54, 1.807) is 0 Å². The number of ether oxygens (including phenoxy) is 2. The first kappa shape index (κ1) is 14.4. The third-order valence-electron chi connectivity index (χ3n) is 3.60. The van der Waals surface area contributed by atoms with Gasteiger partial charge in [0.15, 0.2) is 0 Å². The van der Waals surface area contributed by atoms with E-state index >= 15 is 0 Å². The summed E-state index contributed by atoms with van der Waals surface area (Å²) in [6.07, 6.45) is 0.942. The van der Waals surface area contributed by atoms with Crippen molar-refractivity contribution in [2.45, 2.75) is 45.8 Å². The van der Waals surface area contributed by atoms with Gasteiger partial charge in [0, 0.05) is 24.6 Å². The lowest BCUT2D eigenvalue weighted by Gasteiger charge is -2.40. The summed E-state index contributed by atoms with van der Waals surface area (Å²) >= 11 is 0. The summed E-state index contributed by atoms with van der Waals surface area (Å²) in [5, 5.41) is 3.56.